The normalized spacial score (nSPS) is 26.5. The summed E-state index contributed by atoms with van der Waals surface area (Å²) in [5.41, 5.74) is 8.76. The zero-order valence-corrected chi connectivity index (χ0v) is 28.1. The van der Waals surface area contributed by atoms with Gasteiger partial charge in [-0.25, -0.2) is 9.97 Å². The second-order valence-corrected chi connectivity index (χ2v) is 15.2. The minimum absolute atomic E-state index is 0.00795. The van der Waals surface area contributed by atoms with Crippen LogP contribution in [0.25, 0.3) is 11.5 Å². The van der Waals surface area contributed by atoms with Crippen molar-refractivity contribution in [3.63, 3.8) is 0 Å². The van der Waals surface area contributed by atoms with Gasteiger partial charge in [-0.3, -0.25) is 4.90 Å². The Morgan fingerprint density at radius 3 is 2.77 bits per heavy atom. The van der Waals surface area contributed by atoms with Crippen LogP contribution in [0.1, 0.15) is 98.1 Å². The van der Waals surface area contributed by atoms with E-state index in [9.17, 15) is 15.5 Å². The number of likely N-dealkylation sites (tertiary alicyclic amines) is 1. The van der Waals surface area contributed by atoms with E-state index in [0.717, 1.165) is 81.2 Å². The highest BCUT2D eigenvalue weighted by Gasteiger charge is 2.49. The molecule has 2 fully saturated rings. The summed E-state index contributed by atoms with van der Waals surface area (Å²) in [7, 11) is 0. The third-order valence-electron chi connectivity index (χ3n) is 10.9. The topological polar surface area (TPSA) is 184 Å². The molecule has 4 atom stereocenters. The van der Waals surface area contributed by atoms with E-state index in [1.165, 1.54) is 22.4 Å². The number of β-amino-alcohol motifs (C(OH)–C–C–N with tert-alkyl or cyclic N) is 2. The van der Waals surface area contributed by atoms with E-state index in [1.54, 1.807) is 0 Å². The number of nitrogens with two attached hydrogens (primary N) is 1. The summed E-state index contributed by atoms with van der Waals surface area (Å²) < 4.78 is 6.29. The third-order valence-corrected chi connectivity index (χ3v) is 11.9. The number of thiophene rings is 1. The molecule has 5 heterocycles. The number of nitrogens with zero attached hydrogens (tertiary/aromatic N) is 6. The first-order valence-corrected chi connectivity index (χ1v) is 17.8. The second kappa shape index (κ2) is 12.5. The molecule has 2 saturated heterocycles. The second-order valence-electron chi connectivity index (χ2n) is 14.1. The Kier molecular flexibility index (Phi) is 8.49. The molecular formula is C34H45N9O3S. The van der Waals surface area contributed by atoms with Crippen LogP contribution in [0, 0.1) is 16.7 Å². The fourth-order valence-electron chi connectivity index (χ4n) is 8.80. The maximum Gasteiger partial charge on any atom is 0.186 e. The lowest BCUT2D eigenvalue weighted by molar-refractivity contribution is 0.0447. The van der Waals surface area contributed by atoms with Gasteiger partial charge in [-0.2, -0.15) is 5.26 Å². The van der Waals surface area contributed by atoms with Gasteiger partial charge in [0.2, 0.25) is 0 Å². The van der Waals surface area contributed by atoms with Crippen molar-refractivity contribution in [2.45, 2.75) is 101 Å². The largest absolute Gasteiger partial charge is 0.395 e. The molecule has 0 amide bonds. The average molecular weight is 660 g/mol. The number of nitrogens with one attached hydrogen (secondary N) is 2. The molecule has 1 spiro atoms. The fourth-order valence-corrected chi connectivity index (χ4v) is 9.96. The summed E-state index contributed by atoms with van der Waals surface area (Å²) in [6.45, 7) is 6.74. The molecule has 0 aromatic carbocycles. The number of fused-ring (bicyclic) bond motifs is 4. The molecule has 2 aliphatic carbocycles. The van der Waals surface area contributed by atoms with Crippen molar-refractivity contribution in [3.8, 4) is 17.6 Å². The summed E-state index contributed by atoms with van der Waals surface area (Å²) in [5.74, 6) is 2.36. The lowest BCUT2D eigenvalue weighted by Gasteiger charge is -2.39. The number of aliphatic hydroxyl groups excluding tert-OH is 1. The van der Waals surface area contributed by atoms with E-state index in [0.29, 0.717) is 65.3 Å². The number of nitriles is 1. The van der Waals surface area contributed by atoms with Crippen molar-refractivity contribution in [1.29, 1.82) is 10.7 Å². The number of hydrogen-bond acceptors (Lipinski definition) is 13. The van der Waals surface area contributed by atoms with Gasteiger partial charge < -0.3 is 36.1 Å². The Hall–Kier alpha value is -3.57. The molecular weight excluding hydrogens is 615 g/mol. The molecule has 0 saturated carbocycles. The number of aromatic nitrogens is 3. The number of piperidine rings is 1. The number of rotatable bonds is 8. The first-order chi connectivity index (χ1) is 22.7. The summed E-state index contributed by atoms with van der Waals surface area (Å²) >= 11 is 1.53. The summed E-state index contributed by atoms with van der Waals surface area (Å²) in [4.78, 5) is 15.7. The van der Waals surface area contributed by atoms with Crippen LogP contribution in [0.15, 0.2) is 4.52 Å². The summed E-state index contributed by atoms with van der Waals surface area (Å²) in [5, 5.41) is 48.2. The summed E-state index contributed by atoms with van der Waals surface area (Å²) in [6, 6.07) is 2.60. The number of aliphatic hydroxyl groups is 2. The van der Waals surface area contributed by atoms with Crippen molar-refractivity contribution in [2.24, 2.45) is 0 Å². The van der Waals surface area contributed by atoms with Crippen molar-refractivity contribution in [3.05, 3.63) is 32.9 Å². The molecule has 0 radical (unpaired) electrons. The maximum absolute atomic E-state index is 11.0. The molecule has 6 N–H and O–H groups in total. The number of hydrogen-bond donors (Lipinski definition) is 5. The van der Waals surface area contributed by atoms with Crippen LogP contribution in [-0.4, -0.2) is 86.9 Å². The summed E-state index contributed by atoms with van der Waals surface area (Å²) in [6.07, 6.45) is 10.2. The van der Waals surface area contributed by atoms with Gasteiger partial charge >= 0.3 is 0 Å². The monoisotopic (exact) mass is 659 g/mol. The van der Waals surface area contributed by atoms with Crippen LogP contribution >= 0.6 is 11.3 Å². The van der Waals surface area contributed by atoms with E-state index in [2.05, 4.69) is 33.3 Å². The van der Waals surface area contributed by atoms with Crippen LogP contribution < -0.4 is 16.0 Å². The molecule has 2 aliphatic heterocycles. The Labute approximate surface area is 279 Å². The Morgan fingerprint density at radius 2 is 2.02 bits per heavy atom. The molecule has 250 valence electrons. The molecule has 0 bridgehead atoms. The SMILES string of the molecule is CC(Nc1nc(-c2noc3c2CCCC32CCCc3sc(N)c(C#N)c32)nc(N2CCCC(C)(O)C2)c1C=N)C1CCCN1CCO. The number of nitrogen functional groups attached to an aromatic ring is 1. The quantitative estimate of drug-likeness (QED) is 0.218. The maximum atomic E-state index is 11.0. The van der Waals surface area contributed by atoms with Crippen molar-refractivity contribution in [1.82, 2.24) is 20.0 Å². The van der Waals surface area contributed by atoms with Gasteiger partial charge in [0, 0.05) is 48.4 Å². The molecule has 3 aromatic heterocycles. The highest BCUT2D eigenvalue weighted by atomic mass is 32.1. The Bertz CT molecular complexity index is 1710. The van der Waals surface area contributed by atoms with Gasteiger partial charge in [-0.1, -0.05) is 5.16 Å². The van der Waals surface area contributed by atoms with E-state index in [1.807, 2.05) is 6.92 Å². The fraction of sp³-hybridized carbons (Fsp3) is 0.618. The number of aryl methyl sites for hydroxylation is 1. The highest BCUT2D eigenvalue weighted by molar-refractivity contribution is 7.16. The van der Waals surface area contributed by atoms with Gasteiger partial charge in [0.25, 0.3) is 0 Å². The minimum atomic E-state index is -0.878. The third kappa shape index (κ3) is 5.49. The van der Waals surface area contributed by atoms with Crippen LogP contribution in [0.3, 0.4) is 0 Å². The molecule has 7 rings (SSSR count). The van der Waals surface area contributed by atoms with Gasteiger partial charge in [-0.15, -0.1) is 11.3 Å². The molecule has 47 heavy (non-hydrogen) atoms. The van der Waals surface area contributed by atoms with E-state index in [-0.39, 0.29) is 18.7 Å². The van der Waals surface area contributed by atoms with E-state index in [4.69, 9.17) is 25.6 Å². The van der Waals surface area contributed by atoms with E-state index < -0.39 is 11.0 Å². The Morgan fingerprint density at radius 1 is 1.21 bits per heavy atom. The van der Waals surface area contributed by atoms with Crippen molar-refractivity contribution in [2.75, 3.05) is 48.7 Å². The zero-order chi connectivity index (χ0) is 32.9. The average Bonchev–Trinajstić information content (AvgIpc) is 3.78. The molecule has 12 nitrogen and oxygen atoms in total. The lowest BCUT2D eigenvalue weighted by Crippen LogP contribution is -2.47. The molecule has 13 heteroatoms. The lowest BCUT2D eigenvalue weighted by atomic mass is 9.63. The van der Waals surface area contributed by atoms with Gasteiger partial charge in [0.15, 0.2) is 17.3 Å². The van der Waals surface area contributed by atoms with Crippen LogP contribution in [0.2, 0.25) is 0 Å². The highest BCUT2D eigenvalue weighted by Crippen LogP contribution is 2.55. The predicted molar refractivity (Wildman–Crippen MR) is 182 cm³/mol. The standard InChI is InChI=1S/C34H45N9O3S/c1-20(24-8-5-13-42(24)15-16-44)38-30-23(18-36)32(43-14-6-10-33(2,45)19-43)40-31(39-30)27-21-7-3-11-34(28(21)46-41-27)12-4-9-25-26(34)22(17-35)29(37)47-25/h18,20,24,36,44-45H,3-16,19,37H2,1-2H3,(H,38,39,40). The minimum Gasteiger partial charge on any atom is -0.395 e. The van der Waals surface area contributed by atoms with Crippen LogP contribution in [0.5, 0.6) is 0 Å². The zero-order valence-electron chi connectivity index (χ0n) is 27.3. The van der Waals surface area contributed by atoms with Gasteiger partial charge in [0.1, 0.15) is 22.7 Å². The molecule has 4 aliphatic rings. The smallest absolute Gasteiger partial charge is 0.186 e. The Balaban J connectivity index is 1.34. The van der Waals surface area contributed by atoms with Gasteiger partial charge in [0.05, 0.1) is 28.7 Å². The first kappa shape index (κ1) is 32.0. The van der Waals surface area contributed by atoms with Crippen LogP contribution in [0.4, 0.5) is 16.6 Å². The van der Waals surface area contributed by atoms with E-state index >= 15 is 0 Å². The molecule has 3 aromatic rings. The molecule has 4 unspecified atom stereocenters. The van der Waals surface area contributed by atoms with Gasteiger partial charge in [-0.05, 0) is 90.2 Å². The van der Waals surface area contributed by atoms with Crippen molar-refractivity contribution < 1.29 is 14.7 Å². The van der Waals surface area contributed by atoms with Crippen LogP contribution in [-0.2, 0) is 18.3 Å². The predicted octanol–water partition coefficient (Wildman–Crippen LogP) is 4.21. The first-order valence-electron chi connectivity index (χ1n) is 17.0. The van der Waals surface area contributed by atoms with Crippen molar-refractivity contribution >= 4 is 34.2 Å². The number of anilines is 3.